The first-order valence-corrected chi connectivity index (χ1v) is 7.33. The second-order valence-electron chi connectivity index (χ2n) is 5.06. The summed E-state index contributed by atoms with van der Waals surface area (Å²) in [6.07, 6.45) is 8.92. The van der Waals surface area contributed by atoms with Crippen LogP contribution in [0.2, 0.25) is 0 Å². The number of amides is 1. The number of pyridine rings is 3. The van der Waals surface area contributed by atoms with Gasteiger partial charge >= 0.3 is 0 Å². The van der Waals surface area contributed by atoms with Gasteiger partial charge in [-0.3, -0.25) is 19.7 Å². The summed E-state index contributed by atoms with van der Waals surface area (Å²) < 4.78 is 0. The highest BCUT2D eigenvalue weighted by atomic mass is 16.1. The molecular weight excluding hydrogens is 288 g/mol. The summed E-state index contributed by atoms with van der Waals surface area (Å²) in [4.78, 5) is 24.5. The van der Waals surface area contributed by atoms with E-state index in [0.717, 1.165) is 22.4 Å². The Morgan fingerprint density at radius 1 is 0.957 bits per heavy atom. The average Bonchev–Trinajstić information content (AvgIpc) is 2.62. The number of aromatic nitrogens is 3. The highest BCUT2D eigenvalue weighted by molar-refractivity contribution is 5.78. The average molecular weight is 304 g/mol. The van der Waals surface area contributed by atoms with Crippen molar-refractivity contribution in [3.8, 4) is 11.3 Å². The molecule has 3 heterocycles. The fraction of sp³-hybridized carbons (Fsp3) is 0.111. The quantitative estimate of drug-likeness (QED) is 0.786. The molecule has 0 atom stereocenters. The zero-order valence-corrected chi connectivity index (χ0v) is 12.5. The third kappa shape index (κ3) is 3.97. The van der Waals surface area contributed by atoms with Crippen LogP contribution in [0.1, 0.15) is 11.1 Å². The van der Waals surface area contributed by atoms with Gasteiger partial charge in [0, 0.05) is 43.1 Å². The van der Waals surface area contributed by atoms with E-state index < -0.39 is 0 Å². The van der Waals surface area contributed by atoms with E-state index in [2.05, 4.69) is 20.3 Å². The van der Waals surface area contributed by atoms with Gasteiger partial charge in [-0.1, -0.05) is 12.1 Å². The van der Waals surface area contributed by atoms with Gasteiger partial charge in [0.2, 0.25) is 5.91 Å². The van der Waals surface area contributed by atoms with Crippen molar-refractivity contribution in [2.75, 3.05) is 0 Å². The highest BCUT2D eigenvalue weighted by Gasteiger charge is 2.08. The van der Waals surface area contributed by atoms with E-state index >= 15 is 0 Å². The molecule has 114 valence electrons. The normalized spacial score (nSPS) is 10.3. The fourth-order valence-corrected chi connectivity index (χ4v) is 2.30. The van der Waals surface area contributed by atoms with Crippen molar-refractivity contribution in [2.24, 2.45) is 0 Å². The van der Waals surface area contributed by atoms with Crippen molar-refractivity contribution < 1.29 is 4.79 Å². The van der Waals surface area contributed by atoms with Gasteiger partial charge in [-0.25, -0.2) is 0 Å². The molecule has 1 N–H and O–H groups in total. The Kier molecular flexibility index (Phi) is 4.69. The highest BCUT2D eigenvalue weighted by Crippen LogP contribution is 2.19. The number of nitrogens with zero attached hydrogens (tertiary/aromatic N) is 3. The Morgan fingerprint density at radius 3 is 2.57 bits per heavy atom. The number of rotatable bonds is 5. The summed E-state index contributed by atoms with van der Waals surface area (Å²) >= 11 is 0. The van der Waals surface area contributed by atoms with Crippen molar-refractivity contribution in [3.05, 3.63) is 78.5 Å². The lowest BCUT2D eigenvalue weighted by Crippen LogP contribution is -2.25. The van der Waals surface area contributed by atoms with Gasteiger partial charge < -0.3 is 5.32 Å². The third-order valence-electron chi connectivity index (χ3n) is 3.41. The van der Waals surface area contributed by atoms with Gasteiger partial charge in [0.1, 0.15) is 0 Å². The van der Waals surface area contributed by atoms with Crippen LogP contribution in [0.15, 0.2) is 67.4 Å². The minimum Gasteiger partial charge on any atom is -0.352 e. The molecule has 0 aliphatic rings. The van der Waals surface area contributed by atoms with Crippen LogP contribution < -0.4 is 5.32 Å². The van der Waals surface area contributed by atoms with Gasteiger partial charge in [0.15, 0.2) is 0 Å². The molecule has 0 bridgehead atoms. The Labute approximate surface area is 134 Å². The first-order chi connectivity index (χ1) is 11.3. The molecule has 0 aliphatic heterocycles. The molecule has 0 fully saturated rings. The van der Waals surface area contributed by atoms with Crippen molar-refractivity contribution in [1.82, 2.24) is 20.3 Å². The Hall–Kier alpha value is -3.08. The molecule has 5 heteroatoms. The van der Waals surface area contributed by atoms with Gasteiger partial charge in [0.25, 0.3) is 0 Å². The SMILES string of the molecule is O=C(Cc1cccnc1)NCc1cccnc1-c1ccncc1. The lowest BCUT2D eigenvalue weighted by molar-refractivity contribution is -0.120. The van der Waals surface area contributed by atoms with Crippen LogP contribution in [-0.2, 0) is 17.8 Å². The minimum absolute atomic E-state index is 0.0393. The largest absolute Gasteiger partial charge is 0.352 e. The van der Waals surface area contributed by atoms with Gasteiger partial charge in [-0.05, 0) is 35.4 Å². The van der Waals surface area contributed by atoms with Crippen LogP contribution in [0.4, 0.5) is 0 Å². The first-order valence-electron chi connectivity index (χ1n) is 7.33. The summed E-state index contributed by atoms with van der Waals surface area (Å²) in [5.74, 6) is -0.0393. The van der Waals surface area contributed by atoms with Crippen LogP contribution in [0.5, 0.6) is 0 Å². The predicted molar refractivity (Wildman–Crippen MR) is 87.3 cm³/mol. The second-order valence-corrected chi connectivity index (χ2v) is 5.06. The fourth-order valence-electron chi connectivity index (χ4n) is 2.30. The van der Waals surface area contributed by atoms with Gasteiger partial charge in [-0.15, -0.1) is 0 Å². The van der Waals surface area contributed by atoms with E-state index in [1.54, 1.807) is 31.0 Å². The second kappa shape index (κ2) is 7.26. The molecule has 0 saturated carbocycles. The topological polar surface area (TPSA) is 67.8 Å². The smallest absolute Gasteiger partial charge is 0.224 e. The Bertz CT molecular complexity index is 775. The number of carbonyl (C=O) groups excluding carboxylic acids is 1. The van der Waals surface area contributed by atoms with E-state index in [1.807, 2.05) is 36.4 Å². The summed E-state index contributed by atoms with van der Waals surface area (Å²) in [5.41, 5.74) is 3.71. The standard InChI is InChI=1S/C18H16N4O/c23-17(11-14-3-1-7-20-12-14)22-13-16-4-2-8-21-18(16)15-5-9-19-10-6-15/h1-10,12H,11,13H2,(H,22,23). The molecular formula is C18H16N4O. The number of hydrogen-bond acceptors (Lipinski definition) is 4. The molecule has 3 rings (SSSR count). The molecule has 0 radical (unpaired) electrons. The maximum absolute atomic E-state index is 12.1. The van der Waals surface area contributed by atoms with E-state index in [4.69, 9.17) is 0 Å². The van der Waals surface area contributed by atoms with Gasteiger partial charge in [-0.2, -0.15) is 0 Å². The summed E-state index contributed by atoms with van der Waals surface area (Å²) in [7, 11) is 0. The lowest BCUT2D eigenvalue weighted by atomic mass is 10.1. The zero-order chi connectivity index (χ0) is 15.9. The van der Waals surface area contributed by atoms with Crippen molar-refractivity contribution >= 4 is 5.91 Å². The minimum atomic E-state index is -0.0393. The van der Waals surface area contributed by atoms with E-state index in [9.17, 15) is 4.79 Å². The van der Waals surface area contributed by atoms with Crippen LogP contribution in [-0.4, -0.2) is 20.9 Å². The number of hydrogen-bond donors (Lipinski definition) is 1. The summed E-state index contributed by atoms with van der Waals surface area (Å²) in [6.45, 7) is 0.435. The van der Waals surface area contributed by atoms with Crippen LogP contribution in [0.25, 0.3) is 11.3 Å². The monoisotopic (exact) mass is 304 g/mol. The molecule has 23 heavy (non-hydrogen) atoms. The molecule has 0 saturated heterocycles. The predicted octanol–water partition coefficient (Wildman–Crippen LogP) is 2.40. The molecule has 5 nitrogen and oxygen atoms in total. The molecule has 0 aliphatic carbocycles. The molecule has 0 aromatic carbocycles. The van der Waals surface area contributed by atoms with Gasteiger partial charge in [0.05, 0.1) is 12.1 Å². The zero-order valence-electron chi connectivity index (χ0n) is 12.5. The maximum atomic E-state index is 12.1. The number of carbonyl (C=O) groups is 1. The molecule has 3 aromatic heterocycles. The molecule has 0 spiro atoms. The van der Waals surface area contributed by atoms with Crippen LogP contribution in [0.3, 0.4) is 0 Å². The molecule has 0 unspecified atom stereocenters. The van der Waals surface area contributed by atoms with E-state index in [1.165, 1.54) is 0 Å². The lowest BCUT2D eigenvalue weighted by Gasteiger charge is -2.10. The first kappa shape index (κ1) is 14.8. The Balaban J connectivity index is 1.68. The van der Waals surface area contributed by atoms with E-state index in [0.29, 0.717) is 13.0 Å². The van der Waals surface area contributed by atoms with E-state index in [-0.39, 0.29) is 5.91 Å². The summed E-state index contributed by atoms with van der Waals surface area (Å²) in [5, 5.41) is 2.94. The molecule has 3 aromatic rings. The Morgan fingerprint density at radius 2 is 1.78 bits per heavy atom. The van der Waals surface area contributed by atoms with Crippen molar-refractivity contribution in [1.29, 1.82) is 0 Å². The van der Waals surface area contributed by atoms with Crippen molar-refractivity contribution in [2.45, 2.75) is 13.0 Å². The molecule has 1 amide bonds. The van der Waals surface area contributed by atoms with Crippen molar-refractivity contribution in [3.63, 3.8) is 0 Å². The maximum Gasteiger partial charge on any atom is 0.224 e. The summed E-state index contributed by atoms with van der Waals surface area (Å²) in [6, 6.07) is 11.4. The van der Waals surface area contributed by atoms with Crippen LogP contribution in [0, 0.1) is 0 Å². The third-order valence-corrected chi connectivity index (χ3v) is 3.41. The van der Waals surface area contributed by atoms with Crippen LogP contribution >= 0.6 is 0 Å². The number of nitrogens with one attached hydrogen (secondary N) is 1.